The Kier molecular flexibility index (Phi) is 7.72. The van der Waals surface area contributed by atoms with E-state index in [4.69, 9.17) is 4.74 Å². The van der Waals surface area contributed by atoms with Crippen molar-refractivity contribution in [1.82, 2.24) is 0 Å². The zero-order valence-electron chi connectivity index (χ0n) is 27.7. The summed E-state index contributed by atoms with van der Waals surface area (Å²) < 4.78 is 6.51. The van der Waals surface area contributed by atoms with E-state index in [0.717, 1.165) is 45.5 Å². The fourth-order valence-corrected chi connectivity index (χ4v) is 7.20. The van der Waals surface area contributed by atoms with E-state index in [1.54, 1.807) is 24.3 Å². The van der Waals surface area contributed by atoms with Gasteiger partial charge in [0.1, 0.15) is 23.8 Å². The first-order valence-corrected chi connectivity index (χ1v) is 16.5. The van der Waals surface area contributed by atoms with Gasteiger partial charge in [0.25, 0.3) is 11.4 Å². The number of benzene rings is 6. The summed E-state index contributed by atoms with van der Waals surface area (Å²) in [5, 5.41) is 22.6. The molecule has 0 saturated carbocycles. The van der Waals surface area contributed by atoms with E-state index in [9.17, 15) is 20.2 Å². The molecule has 2 heterocycles. The van der Waals surface area contributed by atoms with Crippen LogP contribution in [0.2, 0.25) is 0 Å². The molecule has 0 saturated heterocycles. The normalized spacial score (nSPS) is 16.2. The molecule has 2 atom stereocenters. The smallest absolute Gasteiger partial charge is 0.269 e. The monoisotopic (exact) mass is 676 g/mol. The standard InChI is InChI=1S/C40H32N6O5/c1-27-41(29-17-21-31(22-18-29)45(47)48)37-13-3-5-15-39(37)43(27)33-9-7-11-35(25-33)51-36-12-8-10-34(26-36)44-28(2)42(38-14-4-6-16-40(38)44)30-19-23-32(24-20-30)46(49)50/h3-28H,1-2H3. The van der Waals surface area contributed by atoms with Crippen molar-refractivity contribution in [1.29, 1.82) is 0 Å². The Labute approximate surface area is 294 Å². The van der Waals surface area contributed by atoms with Crippen LogP contribution in [-0.2, 0) is 0 Å². The Morgan fingerprint density at radius 1 is 0.451 bits per heavy atom. The van der Waals surface area contributed by atoms with Crippen LogP contribution in [0.15, 0.2) is 146 Å². The lowest BCUT2D eigenvalue weighted by atomic mass is 10.2. The molecule has 0 radical (unpaired) electrons. The molecule has 2 aliphatic rings. The molecule has 8 rings (SSSR count). The lowest BCUT2D eigenvalue weighted by molar-refractivity contribution is -0.385. The largest absolute Gasteiger partial charge is 0.457 e. The number of non-ortho nitro benzene ring substituents is 2. The van der Waals surface area contributed by atoms with E-state index in [-0.39, 0.29) is 33.6 Å². The Balaban J connectivity index is 1.07. The van der Waals surface area contributed by atoms with Crippen molar-refractivity contribution in [3.63, 3.8) is 0 Å². The minimum absolute atomic E-state index is 0.0508. The molecule has 0 amide bonds. The average Bonchev–Trinajstić information content (AvgIpc) is 3.61. The highest BCUT2D eigenvalue weighted by molar-refractivity contribution is 5.89. The van der Waals surface area contributed by atoms with E-state index in [0.29, 0.717) is 11.5 Å². The summed E-state index contributed by atoms with van der Waals surface area (Å²) in [6.07, 6.45) is -0.254. The first-order chi connectivity index (χ1) is 24.8. The number of nitro benzene ring substituents is 2. The molecule has 252 valence electrons. The maximum atomic E-state index is 11.3. The van der Waals surface area contributed by atoms with Crippen molar-refractivity contribution in [2.75, 3.05) is 19.6 Å². The molecule has 0 fully saturated rings. The second-order valence-corrected chi connectivity index (χ2v) is 12.4. The van der Waals surface area contributed by atoms with Crippen LogP contribution in [0.1, 0.15) is 13.8 Å². The van der Waals surface area contributed by atoms with Gasteiger partial charge in [-0.05, 0) is 86.6 Å². The maximum absolute atomic E-state index is 11.3. The van der Waals surface area contributed by atoms with Gasteiger partial charge in [-0.15, -0.1) is 0 Å². The number of hydrogen-bond acceptors (Lipinski definition) is 9. The van der Waals surface area contributed by atoms with Gasteiger partial charge in [-0.2, -0.15) is 0 Å². The van der Waals surface area contributed by atoms with Crippen molar-refractivity contribution < 1.29 is 14.6 Å². The first-order valence-electron chi connectivity index (χ1n) is 16.5. The minimum atomic E-state index is -0.389. The maximum Gasteiger partial charge on any atom is 0.269 e. The average molecular weight is 677 g/mol. The molecule has 0 aliphatic carbocycles. The van der Waals surface area contributed by atoms with Crippen molar-refractivity contribution >= 4 is 56.9 Å². The van der Waals surface area contributed by atoms with Gasteiger partial charge < -0.3 is 24.3 Å². The van der Waals surface area contributed by atoms with E-state index in [2.05, 4.69) is 57.7 Å². The summed E-state index contributed by atoms with van der Waals surface area (Å²) in [5.41, 5.74) is 7.73. The Morgan fingerprint density at radius 2 is 0.784 bits per heavy atom. The molecule has 0 bridgehead atoms. The number of anilines is 8. The van der Waals surface area contributed by atoms with Crippen LogP contribution >= 0.6 is 0 Å². The fourth-order valence-electron chi connectivity index (χ4n) is 7.20. The van der Waals surface area contributed by atoms with E-state index in [1.807, 2.05) is 72.8 Å². The number of fused-ring (bicyclic) bond motifs is 2. The lowest BCUT2D eigenvalue weighted by Crippen LogP contribution is -2.35. The van der Waals surface area contributed by atoms with Gasteiger partial charge in [-0.1, -0.05) is 36.4 Å². The molecule has 0 aromatic heterocycles. The van der Waals surface area contributed by atoms with Crippen molar-refractivity contribution in [3.8, 4) is 11.5 Å². The van der Waals surface area contributed by atoms with Gasteiger partial charge in [0.15, 0.2) is 0 Å². The topological polar surface area (TPSA) is 108 Å². The van der Waals surface area contributed by atoms with Crippen LogP contribution in [0.5, 0.6) is 11.5 Å². The Bertz CT molecular complexity index is 2120. The Hall–Kier alpha value is -6.88. The van der Waals surface area contributed by atoms with Crippen LogP contribution in [0.3, 0.4) is 0 Å². The molecule has 6 aromatic carbocycles. The molecular formula is C40H32N6O5. The quantitative estimate of drug-likeness (QED) is 0.115. The summed E-state index contributed by atoms with van der Waals surface area (Å²) in [5.74, 6) is 1.34. The van der Waals surface area contributed by atoms with Crippen molar-refractivity contribution in [2.24, 2.45) is 0 Å². The predicted molar refractivity (Wildman–Crippen MR) is 200 cm³/mol. The van der Waals surface area contributed by atoms with E-state index < -0.39 is 0 Å². The number of nitro groups is 2. The van der Waals surface area contributed by atoms with Crippen molar-refractivity contribution in [3.05, 3.63) is 166 Å². The second-order valence-electron chi connectivity index (χ2n) is 12.4. The number of rotatable bonds is 8. The molecule has 51 heavy (non-hydrogen) atoms. The van der Waals surface area contributed by atoms with Gasteiger partial charge in [0.05, 0.1) is 32.6 Å². The van der Waals surface area contributed by atoms with Crippen LogP contribution in [0.25, 0.3) is 0 Å². The highest BCUT2D eigenvalue weighted by Crippen LogP contribution is 2.50. The lowest BCUT2D eigenvalue weighted by Gasteiger charge is -2.30. The molecule has 0 N–H and O–H groups in total. The molecule has 11 nitrogen and oxygen atoms in total. The molecular weight excluding hydrogens is 644 g/mol. The molecule has 6 aromatic rings. The highest BCUT2D eigenvalue weighted by atomic mass is 16.6. The van der Waals surface area contributed by atoms with Crippen LogP contribution in [-0.4, -0.2) is 22.2 Å². The summed E-state index contributed by atoms with van der Waals surface area (Å²) in [6, 6.07) is 45.4. The number of para-hydroxylation sites is 4. The summed E-state index contributed by atoms with van der Waals surface area (Å²) >= 11 is 0. The third-order valence-corrected chi connectivity index (χ3v) is 9.40. The minimum Gasteiger partial charge on any atom is -0.457 e. The van der Waals surface area contributed by atoms with Crippen molar-refractivity contribution in [2.45, 2.75) is 26.2 Å². The van der Waals surface area contributed by atoms with Crippen LogP contribution in [0, 0.1) is 20.2 Å². The van der Waals surface area contributed by atoms with Gasteiger partial charge in [-0.3, -0.25) is 20.2 Å². The molecule has 0 spiro atoms. The Morgan fingerprint density at radius 3 is 1.12 bits per heavy atom. The molecule has 2 unspecified atom stereocenters. The third kappa shape index (κ3) is 5.50. The number of ether oxygens (including phenoxy) is 1. The predicted octanol–water partition coefficient (Wildman–Crippen LogP) is 10.6. The fraction of sp³-hybridized carbons (Fsp3) is 0.100. The first kappa shape index (κ1) is 31.4. The SMILES string of the molecule is CC1N(c2ccc([N+](=O)[O-])cc2)c2ccccc2N1c1cccc(Oc2cccc(N3c4ccccc4N(c4ccc([N+](=O)[O-])cc4)C3C)c2)c1. The van der Waals surface area contributed by atoms with Crippen LogP contribution < -0.4 is 24.3 Å². The summed E-state index contributed by atoms with van der Waals surface area (Å²) in [7, 11) is 0. The summed E-state index contributed by atoms with van der Waals surface area (Å²) in [6.45, 7) is 4.21. The number of nitrogens with zero attached hydrogens (tertiary/aromatic N) is 6. The number of hydrogen-bond donors (Lipinski definition) is 0. The summed E-state index contributed by atoms with van der Waals surface area (Å²) in [4.78, 5) is 30.6. The zero-order chi connectivity index (χ0) is 35.2. The van der Waals surface area contributed by atoms with Crippen LogP contribution in [0.4, 0.5) is 56.9 Å². The van der Waals surface area contributed by atoms with E-state index in [1.165, 1.54) is 24.3 Å². The zero-order valence-corrected chi connectivity index (χ0v) is 27.7. The molecule has 11 heteroatoms. The van der Waals surface area contributed by atoms with Gasteiger partial charge in [0, 0.05) is 59.1 Å². The van der Waals surface area contributed by atoms with Gasteiger partial charge >= 0.3 is 0 Å². The highest BCUT2D eigenvalue weighted by Gasteiger charge is 2.36. The molecule has 2 aliphatic heterocycles. The van der Waals surface area contributed by atoms with E-state index >= 15 is 0 Å². The van der Waals surface area contributed by atoms with Gasteiger partial charge in [0.2, 0.25) is 0 Å². The third-order valence-electron chi connectivity index (χ3n) is 9.40. The van der Waals surface area contributed by atoms with Gasteiger partial charge in [-0.25, -0.2) is 0 Å². The second kappa shape index (κ2) is 12.5.